The van der Waals surface area contributed by atoms with Gasteiger partial charge in [0.15, 0.2) is 17.5 Å². The molecule has 0 saturated carbocycles. The van der Waals surface area contributed by atoms with Gasteiger partial charge < -0.3 is 29.6 Å². The van der Waals surface area contributed by atoms with E-state index in [0.29, 0.717) is 39.6 Å². The van der Waals surface area contributed by atoms with Gasteiger partial charge in [0.25, 0.3) is 0 Å². The Morgan fingerprint density at radius 3 is 2.76 bits per heavy atom. The number of rotatable bonds is 9. The van der Waals surface area contributed by atoms with Crippen LogP contribution < -0.4 is 20.1 Å². The number of methoxy groups -OCH3 is 1. The maximum atomic E-state index is 5.72. The minimum atomic E-state index is 0.631. The Bertz CT molecular complexity index is 537. The largest absolute Gasteiger partial charge is 0.490 e. The molecule has 1 heterocycles. The van der Waals surface area contributed by atoms with Crippen LogP contribution in [0.4, 0.5) is 0 Å². The van der Waals surface area contributed by atoms with E-state index in [2.05, 4.69) is 15.6 Å². The number of fused-ring (bicyclic) bond motifs is 1. The molecule has 2 rings (SSSR count). The van der Waals surface area contributed by atoms with Crippen LogP contribution in [0.2, 0.25) is 0 Å². The standard InChI is InChI=1S/C18H29N3O4/c1-19-18(20-7-3-8-23-12-11-22-2)21-14-15-5-6-16-17(13-15)25-10-4-9-24-16/h5-6,13H,3-4,7-12,14H2,1-2H3,(H2,19,20,21). The van der Waals surface area contributed by atoms with Gasteiger partial charge in [0.1, 0.15) is 0 Å². The molecule has 0 unspecified atom stereocenters. The van der Waals surface area contributed by atoms with Crippen molar-refractivity contribution in [2.24, 2.45) is 4.99 Å². The van der Waals surface area contributed by atoms with E-state index in [9.17, 15) is 0 Å². The third kappa shape index (κ3) is 7.19. The van der Waals surface area contributed by atoms with Gasteiger partial charge in [-0.05, 0) is 24.1 Å². The molecule has 0 radical (unpaired) electrons. The average molecular weight is 351 g/mol. The molecule has 140 valence electrons. The number of hydrogen-bond donors (Lipinski definition) is 2. The summed E-state index contributed by atoms with van der Waals surface area (Å²) in [6, 6.07) is 6.02. The minimum absolute atomic E-state index is 0.631. The van der Waals surface area contributed by atoms with E-state index >= 15 is 0 Å². The molecule has 0 atom stereocenters. The van der Waals surface area contributed by atoms with Gasteiger partial charge >= 0.3 is 0 Å². The Morgan fingerprint density at radius 2 is 1.96 bits per heavy atom. The first-order valence-electron chi connectivity index (χ1n) is 8.73. The van der Waals surface area contributed by atoms with Crippen molar-refractivity contribution in [3.63, 3.8) is 0 Å². The van der Waals surface area contributed by atoms with Gasteiger partial charge in [-0.15, -0.1) is 0 Å². The summed E-state index contributed by atoms with van der Waals surface area (Å²) >= 11 is 0. The molecule has 0 aromatic heterocycles. The first-order valence-corrected chi connectivity index (χ1v) is 8.73. The van der Waals surface area contributed by atoms with Gasteiger partial charge in [-0.1, -0.05) is 6.07 Å². The first-order chi connectivity index (χ1) is 12.3. The van der Waals surface area contributed by atoms with Gasteiger partial charge in [0.05, 0.1) is 26.4 Å². The number of benzene rings is 1. The van der Waals surface area contributed by atoms with Crippen LogP contribution in [-0.4, -0.2) is 59.7 Å². The van der Waals surface area contributed by atoms with E-state index < -0.39 is 0 Å². The maximum Gasteiger partial charge on any atom is 0.191 e. The molecule has 0 amide bonds. The normalized spacial score (nSPS) is 14.1. The second-order valence-electron chi connectivity index (χ2n) is 5.64. The number of nitrogens with zero attached hydrogens (tertiary/aromatic N) is 1. The lowest BCUT2D eigenvalue weighted by Gasteiger charge is -2.13. The van der Waals surface area contributed by atoms with Gasteiger partial charge in [-0.25, -0.2) is 0 Å². The summed E-state index contributed by atoms with van der Waals surface area (Å²) in [7, 11) is 3.43. The van der Waals surface area contributed by atoms with E-state index in [0.717, 1.165) is 42.4 Å². The Kier molecular flexibility index (Phi) is 8.93. The summed E-state index contributed by atoms with van der Waals surface area (Å²) in [5, 5.41) is 6.58. The molecule has 25 heavy (non-hydrogen) atoms. The van der Waals surface area contributed by atoms with Crippen LogP contribution >= 0.6 is 0 Å². The third-order valence-electron chi connectivity index (χ3n) is 3.69. The van der Waals surface area contributed by atoms with Gasteiger partial charge in [-0.3, -0.25) is 4.99 Å². The summed E-state index contributed by atoms with van der Waals surface area (Å²) in [4.78, 5) is 4.23. The van der Waals surface area contributed by atoms with Gasteiger partial charge in [0, 0.05) is 40.3 Å². The van der Waals surface area contributed by atoms with Gasteiger partial charge in [-0.2, -0.15) is 0 Å². The summed E-state index contributed by atoms with van der Waals surface area (Å²) in [5.41, 5.74) is 1.12. The van der Waals surface area contributed by atoms with Crippen molar-refractivity contribution < 1.29 is 18.9 Å². The number of hydrogen-bond acceptors (Lipinski definition) is 5. The van der Waals surface area contributed by atoms with Crippen LogP contribution in [-0.2, 0) is 16.0 Å². The zero-order valence-electron chi connectivity index (χ0n) is 15.2. The Hall–Kier alpha value is -1.99. The minimum Gasteiger partial charge on any atom is -0.490 e. The highest BCUT2D eigenvalue weighted by molar-refractivity contribution is 5.79. The predicted molar refractivity (Wildman–Crippen MR) is 97.6 cm³/mol. The van der Waals surface area contributed by atoms with Crippen molar-refractivity contribution in [3.05, 3.63) is 23.8 Å². The molecule has 0 bridgehead atoms. The Balaban J connectivity index is 1.69. The molecule has 1 aromatic rings. The zero-order valence-corrected chi connectivity index (χ0v) is 15.2. The van der Waals surface area contributed by atoms with E-state index in [4.69, 9.17) is 18.9 Å². The lowest BCUT2D eigenvalue weighted by Crippen LogP contribution is -2.37. The molecule has 2 N–H and O–H groups in total. The molecule has 0 fully saturated rings. The van der Waals surface area contributed by atoms with Crippen LogP contribution in [0.25, 0.3) is 0 Å². The highest BCUT2D eigenvalue weighted by Gasteiger charge is 2.10. The first kappa shape index (κ1) is 19.3. The number of nitrogens with one attached hydrogen (secondary N) is 2. The van der Waals surface area contributed by atoms with Crippen molar-refractivity contribution in [2.45, 2.75) is 19.4 Å². The lowest BCUT2D eigenvalue weighted by atomic mass is 10.2. The topological polar surface area (TPSA) is 73.3 Å². The SMILES string of the molecule is CN=C(NCCCOCCOC)NCc1ccc2c(c1)OCCCO2. The van der Waals surface area contributed by atoms with Crippen molar-refractivity contribution in [1.82, 2.24) is 10.6 Å². The monoisotopic (exact) mass is 351 g/mol. The molecule has 0 saturated heterocycles. The third-order valence-corrected chi connectivity index (χ3v) is 3.69. The van der Waals surface area contributed by atoms with Crippen molar-refractivity contribution >= 4 is 5.96 Å². The maximum absolute atomic E-state index is 5.72. The lowest BCUT2D eigenvalue weighted by molar-refractivity contribution is 0.0698. The smallest absolute Gasteiger partial charge is 0.191 e. The van der Waals surface area contributed by atoms with Crippen molar-refractivity contribution in [1.29, 1.82) is 0 Å². The van der Waals surface area contributed by atoms with Crippen LogP contribution in [0.5, 0.6) is 11.5 Å². The summed E-state index contributed by atoms with van der Waals surface area (Å²) in [6.07, 6.45) is 1.82. The summed E-state index contributed by atoms with van der Waals surface area (Å²) in [6.45, 7) is 4.83. The van der Waals surface area contributed by atoms with Crippen LogP contribution in [0.3, 0.4) is 0 Å². The summed E-state index contributed by atoms with van der Waals surface area (Å²) < 4.78 is 21.7. The fraction of sp³-hybridized carbons (Fsp3) is 0.611. The molecular weight excluding hydrogens is 322 g/mol. The van der Waals surface area contributed by atoms with E-state index in [1.165, 1.54) is 0 Å². The molecule has 1 aliphatic rings. The number of aliphatic imine (C=N–C) groups is 1. The quantitative estimate of drug-likeness (QED) is 0.400. The highest BCUT2D eigenvalue weighted by Crippen LogP contribution is 2.30. The number of ether oxygens (including phenoxy) is 4. The fourth-order valence-corrected chi connectivity index (χ4v) is 2.35. The Morgan fingerprint density at radius 1 is 1.12 bits per heavy atom. The molecule has 7 heteroatoms. The van der Waals surface area contributed by atoms with Crippen LogP contribution in [0, 0.1) is 0 Å². The van der Waals surface area contributed by atoms with Gasteiger partial charge in [0.2, 0.25) is 0 Å². The van der Waals surface area contributed by atoms with Crippen LogP contribution in [0.15, 0.2) is 23.2 Å². The van der Waals surface area contributed by atoms with E-state index in [1.54, 1.807) is 14.2 Å². The molecule has 1 aliphatic heterocycles. The predicted octanol–water partition coefficient (Wildman–Crippen LogP) is 1.57. The highest BCUT2D eigenvalue weighted by atomic mass is 16.5. The Labute approximate surface area is 149 Å². The molecule has 0 aliphatic carbocycles. The molecule has 1 aromatic carbocycles. The molecular formula is C18H29N3O4. The van der Waals surface area contributed by atoms with Crippen molar-refractivity contribution in [3.8, 4) is 11.5 Å². The zero-order chi connectivity index (χ0) is 17.7. The fourth-order valence-electron chi connectivity index (χ4n) is 2.35. The summed E-state index contributed by atoms with van der Waals surface area (Å²) in [5.74, 6) is 2.40. The second kappa shape index (κ2) is 11.5. The van der Waals surface area contributed by atoms with E-state index in [1.807, 2.05) is 18.2 Å². The number of guanidine groups is 1. The second-order valence-corrected chi connectivity index (χ2v) is 5.64. The molecule has 7 nitrogen and oxygen atoms in total. The van der Waals surface area contributed by atoms with Crippen molar-refractivity contribution in [2.75, 3.05) is 53.7 Å². The van der Waals surface area contributed by atoms with E-state index in [-0.39, 0.29) is 0 Å². The average Bonchev–Trinajstić information content (AvgIpc) is 2.88. The molecule has 0 spiro atoms. The van der Waals surface area contributed by atoms with Crippen LogP contribution in [0.1, 0.15) is 18.4 Å².